The predicted molar refractivity (Wildman–Crippen MR) is 78.2 cm³/mol. The molecule has 1 rings (SSSR count). The predicted octanol–water partition coefficient (Wildman–Crippen LogP) is 2.58. The fourth-order valence-electron chi connectivity index (χ4n) is 2.05. The van der Waals surface area contributed by atoms with Crippen molar-refractivity contribution in [3.05, 3.63) is 29.8 Å². The van der Waals surface area contributed by atoms with Crippen molar-refractivity contribution in [2.45, 2.75) is 32.7 Å². The summed E-state index contributed by atoms with van der Waals surface area (Å²) in [5.41, 5.74) is 8.20. The molecule has 0 aliphatic carbocycles. The van der Waals surface area contributed by atoms with Gasteiger partial charge < -0.3 is 15.4 Å². The van der Waals surface area contributed by atoms with Crippen molar-refractivity contribution < 1.29 is 4.74 Å². The molecule has 3 heteroatoms. The van der Waals surface area contributed by atoms with Crippen LogP contribution in [0.1, 0.15) is 25.3 Å². The van der Waals surface area contributed by atoms with Crippen LogP contribution in [0.15, 0.2) is 24.3 Å². The first-order valence-electron chi connectivity index (χ1n) is 6.71. The summed E-state index contributed by atoms with van der Waals surface area (Å²) in [6, 6.07) is 9.17. The van der Waals surface area contributed by atoms with Gasteiger partial charge in [-0.2, -0.15) is 0 Å². The molecule has 0 saturated heterocycles. The van der Waals surface area contributed by atoms with Crippen LogP contribution in [0.3, 0.4) is 0 Å². The highest BCUT2D eigenvalue weighted by molar-refractivity contribution is 5.48. The van der Waals surface area contributed by atoms with Crippen LogP contribution < -0.4 is 10.6 Å². The molecule has 0 bridgehead atoms. The lowest BCUT2D eigenvalue weighted by Crippen LogP contribution is -2.35. The van der Waals surface area contributed by atoms with Crippen molar-refractivity contribution in [3.8, 4) is 0 Å². The van der Waals surface area contributed by atoms with E-state index in [-0.39, 0.29) is 0 Å². The van der Waals surface area contributed by atoms with Gasteiger partial charge in [-0.3, -0.25) is 0 Å². The Morgan fingerprint density at radius 1 is 1.28 bits per heavy atom. The number of anilines is 1. The molecular weight excluding hydrogens is 224 g/mol. The van der Waals surface area contributed by atoms with Gasteiger partial charge in [-0.25, -0.2) is 0 Å². The summed E-state index contributed by atoms with van der Waals surface area (Å²) in [5, 5.41) is 0. The molecule has 1 aromatic rings. The number of hydrogen-bond donors (Lipinski definition) is 1. The molecule has 0 radical (unpaired) electrons. The molecule has 0 spiro atoms. The summed E-state index contributed by atoms with van der Waals surface area (Å²) in [6.45, 7) is 6.90. The van der Waals surface area contributed by atoms with Crippen LogP contribution in [-0.4, -0.2) is 32.8 Å². The van der Waals surface area contributed by atoms with Crippen molar-refractivity contribution in [2.24, 2.45) is 5.73 Å². The van der Waals surface area contributed by atoms with Crippen LogP contribution in [-0.2, 0) is 4.74 Å². The fourth-order valence-corrected chi connectivity index (χ4v) is 2.05. The highest BCUT2D eigenvalue weighted by Gasteiger charge is 2.13. The number of nitrogens with zero attached hydrogens (tertiary/aromatic N) is 1. The molecule has 0 aromatic heterocycles. The van der Waals surface area contributed by atoms with Crippen molar-refractivity contribution in [3.63, 3.8) is 0 Å². The molecule has 0 aliphatic rings. The third kappa shape index (κ3) is 4.67. The number of rotatable bonds is 8. The van der Waals surface area contributed by atoms with E-state index in [2.05, 4.69) is 43.0 Å². The normalized spacial score (nSPS) is 12.4. The third-order valence-electron chi connectivity index (χ3n) is 3.24. The Hall–Kier alpha value is -1.06. The van der Waals surface area contributed by atoms with E-state index in [1.807, 2.05) is 0 Å². The highest BCUT2D eigenvalue weighted by Crippen LogP contribution is 2.19. The average molecular weight is 250 g/mol. The van der Waals surface area contributed by atoms with Gasteiger partial charge in [-0.1, -0.05) is 17.7 Å². The van der Waals surface area contributed by atoms with E-state index >= 15 is 0 Å². The molecule has 1 aromatic carbocycles. The molecule has 18 heavy (non-hydrogen) atoms. The van der Waals surface area contributed by atoms with Crippen molar-refractivity contribution in [1.82, 2.24) is 0 Å². The summed E-state index contributed by atoms with van der Waals surface area (Å²) in [7, 11) is 1.75. The smallest absolute Gasteiger partial charge is 0.0481 e. The molecule has 0 heterocycles. The summed E-state index contributed by atoms with van der Waals surface area (Å²) in [6.07, 6.45) is 2.06. The molecule has 0 aliphatic heterocycles. The monoisotopic (exact) mass is 250 g/mol. The van der Waals surface area contributed by atoms with Gasteiger partial charge in [-0.05, 0) is 45.4 Å². The van der Waals surface area contributed by atoms with Crippen molar-refractivity contribution in [1.29, 1.82) is 0 Å². The Morgan fingerprint density at radius 2 is 1.94 bits per heavy atom. The molecule has 0 amide bonds. The lowest BCUT2D eigenvalue weighted by molar-refractivity contribution is 0.188. The lowest BCUT2D eigenvalue weighted by atomic mass is 10.1. The van der Waals surface area contributed by atoms with Gasteiger partial charge in [0.15, 0.2) is 0 Å². The highest BCUT2D eigenvalue weighted by atomic mass is 16.5. The zero-order valence-corrected chi connectivity index (χ0v) is 11.9. The quantitative estimate of drug-likeness (QED) is 0.770. The van der Waals surface area contributed by atoms with Gasteiger partial charge in [0, 0.05) is 32.0 Å². The molecule has 3 nitrogen and oxygen atoms in total. The lowest BCUT2D eigenvalue weighted by Gasteiger charge is -2.31. The second-order valence-electron chi connectivity index (χ2n) is 4.80. The number of ether oxygens (including phenoxy) is 1. The average Bonchev–Trinajstić information content (AvgIpc) is 2.38. The van der Waals surface area contributed by atoms with E-state index in [1.165, 1.54) is 11.3 Å². The molecule has 2 N–H and O–H groups in total. The maximum Gasteiger partial charge on any atom is 0.0481 e. The zero-order chi connectivity index (χ0) is 13.4. The minimum Gasteiger partial charge on any atom is -0.385 e. The van der Waals surface area contributed by atoms with Crippen molar-refractivity contribution >= 4 is 5.69 Å². The number of benzene rings is 1. The molecule has 1 atom stereocenters. The summed E-state index contributed by atoms with van der Waals surface area (Å²) >= 11 is 0. The Bertz CT molecular complexity index is 324. The van der Waals surface area contributed by atoms with E-state index < -0.39 is 0 Å². The SMILES string of the molecule is COCCC(C)N(CCCN)c1ccc(C)cc1. The fraction of sp³-hybridized carbons (Fsp3) is 0.600. The van der Waals surface area contributed by atoms with Crippen LogP contribution in [0.4, 0.5) is 5.69 Å². The van der Waals surface area contributed by atoms with Crippen LogP contribution in [0.2, 0.25) is 0 Å². The standard InChI is InChI=1S/C15H26N2O/c1-13-5-7-15(8-6-13)17(11-4-10-16)14(2)9-12-18-3/h5-8,14H,4,9-12,16H2,1-3H3. The Balaban J connectivity index is 2.73. The summed E-state index contributed by atoms with van der Waals surface area (Å²) in [4.78, 5) is 2.42. The molecule has 0 fully saturated rings. The number of hydrogen-bond acceptors (Lipinski definition) is 3. The zero-order valence-electron chi connectivity index (χ0n) is 11.9. The Morgan fingerprint density at radius 3 is 2.50 bits per heavy atom. The first kappa shape index (κ1) is 15.0. The van der Waals surface area contributed by atoms with Crippen LogP contribution in [0.5, 0.6) is 0 Å². The molecule has 1 unspecified atom stereocenters. The summed E-state index contributed by atoms with van der Waals surface area (Å²) < 4.78 is 5.17. The minimum atomic E-state index is 0.471. The second-order valence-corrected chi connectivity index (χ2v) is 4.80. The number of aryl methyl sites for hydroxylation is 1. The molecule has 102 valence electrons. The van der Waals surface area contributed by atoms with Gasteiger partial charge in [0.05, 0.1) is 0 Å². The van der Waals surface area contributed by atoms with E-state index in [1.54, 1.807) is 7.11 Å². The Labute approximate surface area is 111 Å². The third-order valence-corrected chi connectivity index (χ3v) is 3.24. The maximum atomic E-state index is 5.63. The van der Waals surface area contributed by atoms with Crippen molar-refractivity contribution in [2.75, 3.05) is 31.7 Å². The Kier molecular flexibility index (Phi) is 6.76. The van der Waals surface area contributed by atoms with E-state index in [9.17, 15) is 0 Å². The van der Waals surface area contributed by atoms with Gasteiger partial charge >= 0.3 is 0 Å². The van der Waals surface area contributed by atoms with E-state index in [0.717, 1.165) is 32.5 Å². The molecular formula is C15H26N2O. The van der Waals surface area contributed by atoms with Gasteiger partial charge in [-0.15, -0.1) is 0 Å². The summed E-state index contributed by atoms with van der Waals surface area (Å²) in [5.74, 6) is 0. The number of methoxy groups -OCH3 is 1. The minimum absolute atomic E-state index is 0.471. The van der Waals surface area contributed by atoms with E-state index in [0.29, 0.717) is 6.04 Å². The molecule has 0 saturated carbocycles. The van der Waals surface area contributed by atoms with Crippen LogP contribution in [0, 0.1) is 6.92 Å². The van der Waals surface area contributed by atoms with Gasteiger partial charge in [0.25, 0.3) is 0 Å². The first-order valence-corrected chi connectivity index (χ1v) is 6.71. The maximum absolute atomic E-state index is 5.63. The van der Waals surface area contributed by atoms with E-state index in [4.69, 9.17) is 10.5 Å². The van der Waals surface area contributed by atoms with Crippen LogP contribution in [0.25, 0.3) is 0 Å². The van der Waals surface area contributed by atoms with Gasteiger partial charge in [0.1, 0.15) is 0 Å². The second kappa shape index (κ2) is 8.11. The first-order chi connectivity index (χ1) is 8.69. The largest absolute Gasteiger partial charge is 0.385 e. The van der Waals surface area contributed by atoms with Crippen LogP contribution >= 0.6 is 0 Å². The van der Waals surface area contributed by atoms with Gasteiger partial charge in [0.2, 0.25) is 0 Å². The topological polar surface area (TPSA) is 38.5 Å². The number of nitrogens with two attached hydrogens (primary N) is 1.